The number of amides is 1. The van der Waals surface area contributed by atoms with Crippen LogP contribution in [0.4, 0.5) is 5.69 Å². The molecule has 0 radical (unpaired) electrons. The molecule has 0 unspecified atom stereocenters. The van der Waals surface area contributed by atoms with Crippen LogP contribution in [0.5, 0.6) is 0 Å². The van der Waals surface area contributed by atoms with Gasteiger partial charge < -0.3 is 4.90 Å². The molecule has 2 aromatic rings. The summed E-state index contributed by atoms with van der Waals surface area (Å²) < 4.78 is 27.3. The minimum absolute atomic E-state index is 0.00736. The highest BCUT2D eigenvalue weighted by Crippen LogP contribution is 2.33. The molecule has 0 atom stereocenters. The molecule has 1 aromatic carbocycles. The highest BCUT2D eigenvalue weighted by atomic mass is 32.2. The molecule has 27 heavy (non-hydrogen) atoms. The van der Waals surface area contributed by atoms with Crippen LogP contribution in [0.2, 0.25) is 0 Å². The highest BCUT2D eigenvalue weighted by Gasteiger charge is 2.30. The maximum atomic E-state index is 13.1. The lowest BCUT2D eigenvalue weighted by atomic mass is 10.0. The number of anilines is 1. The summed E-state index contributed by atoms with van der Waals surface area (Å²) in [6.45, 7) is 5.84. The second-order valence-electron chi connectivity index (χ2n) is 7.29. The summed E-state index contributed by atoms with van der Waals surface area (Å²) >= 11 is 1.63. The number of carbonyl (C=O) groups is 1. The minimum Gasteiger partial charge on any atom is -0.308 e. The summed E-state index contributed by atoms with van der Waals surface area (Å²) in [5, 5.41) is 0. The quantitative estimate of drug-likeness (QED) is 0.783. The van der Waals surface area contributed by atoms with E-state index in [2.05, 4.69) is 0 Å². The first-order valence-electron chi connectivity index (χ1n) is 9.40. The van der Waals surface area contributed by atoms with Crippen LogP contribution in [0.3, 0.4) is 0 Å². The largest absolute Gasteiger partial charge is 0.308 e. The zero-order valence-electron chi connectivity index (χ0n) is 15.7. The number of fused-ring (bicyclic) bond motifs is 1. The molecule has 7 heteroatoms. The van der Waals surface area contributed by atoms with Gasteiger partial charge in [-0.05, 0) is 69.4 Å². The Bertz CT molecular complexity index is 989. The lowest BCUT2D eigenvalue weighted by molar-refractivity contribution is 0.0985. The number of hydrogen-bond donors (Lipinski definition) is 0. The van der Waals surface area contributed by atoms with Crippen molar-refractivity contribution in [3.63, 3.8) is 0 Å². The predicted molar refractivity (Wildman–Crippen MR) is 108 cm³/mol. The average Bonchev–Trinajstić information content (AvgIpc) is 3.30. The van der Waals surface area contributed by atoms with Gasteiger partial charge in [-0.15, -0.1) is 11.3 Å². The fourth-order valence-corrected chi connectivity index (χ4v) is 6.50. The van der Waals surface area contributed by atoms with Crippen LogP contribution < -0.4 is 4.90 Å². The van der Waals surface area contributed by atoms with Crippen LogP contribution in [0.25, 0.3) is 0 Å². The predicted octanol–water partition coefficient (Wildman–Crippen LogP) is 3.74. The molecule has 3 heterocycles. The zero-order chi connectivity index (χ0) is 19.2. The molecule has 1 aromatic heterocycles. The zero-order valence-corrected chi connectivity index (χ0v) is 17.3. The number of rotatable bonds is 3. The molecule has 2 aliphatic heterocycles. The third-order valence-electron chi connectivity index (χ3n) is 5.39. The third-order valence-corrected chi connectivity index (χ3v) is 8.25. The van der Waals surface area contributed by atoms with Crippen molar-refractivity contribution in [1.82, 2.24) is 4.31 Å². The van der Waals surface area contributed by atoms with Gasteiger partial charge in [0.1, 0.15) is 0 Å². The first-order chi connectivity index (χ1) is 12.9. The van der Waals surface area contributed by atoms with Crippen LogP contribution in [-0.2, 0) is 16.4 Å². The summed E-state index contributed by atoms with van der Waals surface area (Å²) in [4.78, 5) is 17.4. The summed E-state index contributed by atoms with van der Waals surface area (Å²) in [6, 6.07) is 7.19. The van der Waals surface area contributed by atoms with Gasteiger partial charge in [0.25, 0.3) is 5.91 Å². The molecule has 1 saturated heterocycles. The number of nitrogens with zero attached hydrogens (tertiary/aromatic N) is 2. The first-order valence-corrected chi connectivity index (χ1v) is 11.7. The van der Waals surface area contributed by atoms with Crippen molar-refractivity contribution < 1.29 is 13.2 Å². The molecule has 5 nitrogen and oxygen atoms in total. The molecule has 0 bridgehead atoms. The fourth-order valence-electron chi connectivity index (χ4n) is 4.01. The maximum absolute atomic E-state index is 13.1. The SMILES string of the molecule is Cc1cc(C(=O)N2CCCc3cc(S(=O)(=O)N4CCCC4)ccc32)c(C)s1. The first kappa shape index (κ1) is 18.7. The Kier molecular flexibility index (Phi) is 4.86. The molecule has 1 amide bonds. The van der Waals surface area contributed by atoms with Gasteiger partial charge in [-0.3, -0.25) is 4.79 Å². The van der Waals surface area contributed by atoms with Crippen molar-refractivity contribution in [1.29, 1.82) is 0 Å². The Hall–Kier alpha value is -1.70. The number of carbonyl (C=O) groups excluding carboxylic acids is 1. The second kappa shape index (κ2) is 7.04. The number of sulfonamides is 1. The van der Waals surface area contributed by atoms with Gasteiger partial charge in [-0.2, -0.15) is 4.31 Å². The van der Waals surface area contributed by atoms with Gasteiger partial charge in [0.15, 0.2) is 0 Å². The van der Waals surface area contributed by atoms with Gasteiger partial charge in [-0.1, -0.05) is 0 Å². The standard InChI is InChI=1S/C20H24N2O3S2/c1-14-12-18(15(2)26-14)20(23)22-11-5-6-16-13-17(7-8-19(16)22)27(24,25)21-9-3-4-10-21/h7-8,12-13H,3-6,9-11H2,1-2H3. The number of aryl methyl sites for hydroxylation is 3. The molecular weight excluding hydrogens is 380 g/mol. The van der Waals surface area contributed by atoms with E-state index < -0.39 is 10.0 Å². The Labute approximate surface area is 164 Å². The lowest BCUT2D eigenvalue weighted by Gasteiger charge is -2.30. The van der Waals surface area contributed by atoms with Crippen LogP contribution in [0, 0.1) is 13.8 Å². The topological polar surface area (TPSA) is 57.7 Å². The van der Waals surface area contributed by atoms with Crippen LogP contribution >= 0.6 is 11.3 Å². The summed E-state index contributed by atoms with van der Waals surface area (Å²) in [5.74, 6) is 0.00736. The van der Waals surface area contributed by atoms with Gasteiger partial charge in [0.2, 0.25) is 10.0 Å². The third kappa shape index (κ3) is 3.32. The van der Waals surface area contributed by atoms with Gasteiger partial charge >= 0.3 is 0 Å². The van der Waals surface area contributed by atoms with Crippen LogP contribution in [0.1, 0.15) is 44.9 Å². The van der Waals surface area contributed by atoms with Crippen molar-refractivity contribution in [2.75, 3.05) is 24.5 Å². The fraction of sp³-hybridized carbons (Fsp3) is 0.450. The molecule has 0 saturated carbocycles. The van der Waals surface area contributed by atoms with E-state index in [-0.39, 0.29) is 5.91 Å². The maximum Gasteiger partial charge on any atom is 0.259 e. The van der Waals surface area contributed by atoms with Crippen LogP contribution in [0.15, 0.2) is 29.2 Å². The van der Waals surface area contributed by atoms with Gasteiger partial charge in [0.05, 0.1) is 10.5 Å². The Morgan fingerprint density at radius 3 is 2.44 bits per heavy atom. The number of benzene rings is 1. The summed E-state index contributed by atoms with van der Waals surface area (Å²) in [7, 11) is -3.43. The van der Waals surface area contributed by atoms with E-state index in [9.17, 15) is 13.2 Å². The average molecular weight is 405 g/mol. The molecule has 2 aliphatic rings. The Morgan fingerprint density at radius 1 is 1.04 bits per heavy atom. The highest BCUT2D eigenvalue weighted by molar-refractivity contribution is 7.89. The van der Waals surface area contributed by atoms with Crippen molar-refractivity contribution in [2.24, 2.45) is 0 Å². The molecular formula is C20H24N2O3S2. The smallest absolute Gasteiger partial charge is 0.259 e. The van der Waals surface area contributed by atoms with Crippen LogP contribution in [-0.4, -0.2) is 38.3 Å². The molecule has 4 rings (SSSR count). The van der Waals surface area contributed by atoms with E-state index in [1.54, 1.807) is 32.7 Å². The van der Waals surface area contributed by atoms with Crippen molar-refractivity contribution in [3.05, 3.63) is 45.1 Å². The molecule has 144 valence electrons. The van der Waals surface area contributed by atoms with E-state index in [0.717, 1.165) is 52.3 Å². The van der Waals surface area contributed by atoms with Crippen molar-refractivity contribution in [3.8, 4) is 0 Å². The summed E-state index contributed by atoms with van der Waals surface area (Å²) in [6.07, 6.45) is 3.48. The van der Waals surface area contributed by atoms with E-state index in [1.165, 1.54) is 0 Å². The van der Waals surface area contributed by atoms with Crippen molar-refractivity contribution in [2.45, 2.75) is 44.4 Å². The normalized spacial score (nSPS) is 17.9. The van der Waals surface area contributed by atoms with Gasteiger partial charge in [0, 0.05) is 35.1 Å². The van der Waals surface area contributed by atoms with Gasteiger partial charge in [-0.25, -0.2) is 8.42 Å². The molecule has 0 N–H and O–H groups in total. The Morgan fingerprint density at radius 2 is 1.78 bits per heavy atom. The molecule has 0 spiro atoms. The van der Waals surface area contributed by atoms with E-state index in [0.29, 0.717) is 24.5 Å². The summed E-state index contributed by atoms with van der Waals surface area (Å²) in [5.41, 5.74) is 2.54. The number of hydrogen-bond acceptors (Lipinski definition) is 4. The number of thiophene rings is 1. The van der Waals surface area contributed by atoms with E-state index in [4.69, 9.17) is 0 Å². The van der Waals surface area contributed by atoms with Crippen molar-refractivity contribution >= 4 is 33.0 Å². The minimum atomic E-state index is -3.43. The molecule has 1 fully saturated rings. The van der Waals surface area contributed by atoms with E-state index in [1.807, 2.05) is 26.0 Å². The lowest BCUT2D eigenvalue weighted by Crippen LogP contribution is -2.36. The second-order valence-corrected chi connectivity index (χ2v) is 10.7. The Balaban J connectivity index is 1.68. The molecule has 0 aliphatic carbocycles. The van der Waals surface area contributed by atoms with E-state index >= 15 is 0 Å². The monoisotopic (exact) mass is 404 g/mol.